The van der Waals surface area contributed by atoms with E-state index < -0.39 is 0 Å². The molecule has 0 amide bonds. The van der Waals surface area contributed by atoms with Gasteiger partial charge in [0, 0.05) is 43.7 Å². The minimum atomic E-state index is 0. The number of rotatable bonds is 8. The van der Waals surface area contributed by atoms with Crippen molar-refractivity contribution in [3.05, 3.63) is 0 Å². The van der Waals surface area contributed by atoms with Gasteiger partial charge >= 0.3 is 0 Å². The Morgan fingerprint density at radius 2 is 2.08 bits per heavy atom. The van der Waals surface area contributed by atoms with Crippen molar-refractivity contribution in [3.63, 3.8) is 0 Å². The molecule has 4 atom stereocenters. The number of nitrogens with one attached hydrogen (secondary N) is 2. The molecule has 2 aliphatic rings. The predicted molar refractivity (Wildman–Crippen MR) is 110 cm³/mol. The molecule has 1 aliphatic heterocycles. The number of aliphatic hydroxyl groups is 1. The number of ether oxygens (including phenoxy) is 1. The van der Waals surface area contributed by atoms with Crippen LogP contribution in [0.4, 0.5) is 0 Å². The molecule has 0 radical (unpaired) electrons. The van der Waals surface area contributed by atoms with Gasteiger partial charge in [-0.2, -0.15) is 0 Å². The topological polar surface area (TPSA) is 65.9 Å². The molecule has 0 aromatic rings. The molecule has 0 aromatic carbocycles. The van der Waals surface area contributed by atoms with Crippen molar-refractivity contribution in [2.75, 3.05) is 26.3 Å². The average Bonchev–Trinajstić information content (AvgIpc) is 2.97. The molecule has 5 nitrogen and oxygen atoms in total. The number of guanidine groups is 1. The first-order chi connectivity index (χ1) is 11.0. The highest BCUT2D eigenvalue weighted by atomic mass is 127. The summed E-state index contributed by atoms with van der Waals surface area (Å²) >= 11 is 0. The normalized spacial score (nSPS) is 29.2. The van der Waals surface area contributed by atoms with E-state index in [2.05, 4.69) is 38.3 Å². The third kappa shape index (κ3) is 4.97. The van der Waals surface area contributed by atoms with E-state index in [-0.39, 0.29) is 36.0 Å². The number of aliphatic hydroxyl groups excluding tert-OH is 1. The van der Waals surface area contributed by atoms with Crippen LogP contribution in [0.1, 0.15) is 53.4 Å². The molecule has 2 fully saturated rings. The Morgan fingerprint density at radius 3 is 2.71 bits per heavy atom. The third-order valence-electron chi connectivity index (χ3n) is 5.48. The standard InChI is InChI=1S/C18H35N3O2.HI/c1-5-7-13(8-10-22)12-20-17(19-6-2)21-15-14-9-11-23-16(14)18(15,3)4;/h13-16,22H,5-12H2,1-4H3,(H2,19,20,21);1H. The fourth-order valence-corrected chi connectivity index (χ4v) is 4.22. The molecule has 0 bridgehead atoms. The van der Waals surface area contributed by atoms with Crippen molar-refractivity contribution in [2.24, 2.45) is 22.2 Å². The van der Waals surface area contributed by atoms with Crippen molar-refractivity contribution < 1.29 is 9.84 Å². The SMILES string of the molecule is CCCC(CCO)CN=C(NCC)NC1C2CCOC2C1(C)C.I. The minimum Gasteiger partial charge on any atom is -0.396 e. The average molecular weight is 453 g/mol. The van der Waals surface area contributed by atoms with Crippen molar-refractivity contribution >= 4 is 29.9 Å². The van der Waals surface area contributed by atoms with Gasteiger partial charge in [-0.05, 0) is 32.1 Å². The first-order valence-corrected chi connectivity index (χ1v) is 9.31. The van der Waals surface area contributed by atoms with Crippen LogP contribution in [-0.2, 0) is 4.74 Å². The highest BCUT2D eigenvalue weighted by Gasteiger charge is 2.59. The maximum Gasteiger partial charge on any atom is 0.191 e. The van der Waals surface area contributed by atoms with E-state index in [9.17, 15) is 5.11 Å². The Balaban J connectivity index is 0.00000288. The zero-order chi connectivity index (χ0) is 16.9. The molecular weight excluding hydrogens is 417 g/mol. The maximum atomic E-state index is 9.20. The van der Waals surface area contributed by atoms with Crippen LogP contribution in [0.25, 0.3) is 0 Å². The molecule has 3 N–H and O–H groups in total. The van der Waals surface area contributed by atoms with Crippen LogP contribution in [-0.4, -0.2) is 49.5 Å². The van der Waals surface area contributed by atoms with Crippen molar-refractivity contribution in [2.45, 2.75) is 65.5 Å². The number of hydrogen-bond donors (Lipinski definition) is 3. The molecule has 1 heterocycles. The fraction of sp³-hybridized carbons (Fsp3) is 0.944. The van der Waals surface area contributed by atoms with E-state index in [0.717, 1.165) is 51.3 Å². The Morgan fingerprint density at radius 1 is 1.33 bits per heavy atom. The van der Waals surface area contributed by atoms with E-state index in [1.807, 2.05) is 0 Å². The van der Waals surface area contributed by atoms with Crippen LogP contribution in [0.15, 0.2) is 4.99 Å². The summed E-state index contributed by atoms with van der Waals surface area (Å²) < 4.78 is 5.87. The van der Waals surface area contributed by atoms with Crippen LogP contribution >= 0.6 is 24.0 Å². The minimum absolute atomic E-state index is 0. The number of aliphatic imine (C=N–C) groups is 1. The molecule has 6 heteroatoms. The Bertz CT molecular complexity index is 398. The van der Waals surface area contributed by atoms with Gasteiger partial charge in [0.15, 0.2) is 5.96 Å². The van der Waals surface area contributed by atoms with Crippen molar-refractivity contribution in [1.29, 1.82) is 0 Å². The van der Waals surface area contributed by atoms with Crippen LogP contribution in [0.3, 0.4) is 0 Å². The molecule has 0 aromatic heterocycles. The molecule has 142 valence electrons. The first-order valence-electron chi connectivity index (χ1n) is 9.31. The number of hydrogen-bond acceptors (Lipinski definition) is 3. The summed E-state index contributed by atoms with van der Waals surface area (Å²) in [4.78, 5) is 4.80. The monoisotopic (exact) mass is 453 g/mol. The van der Waals surface area contributed by atoms with Gasteiger partial charge in [-0.25, -0.2) is 0 Å². The molecule has 1 saturated heterocycles. The van der Waals surface area contributed by atoms with Crippen LogP contribution in [0.5, 0.6) is 0 Å². The van der Waals surface area contributed by atoms with Crippen LogP contribution in [0.2, 0.25) is 0 Å². The van der Waals surface area contributed by atoms with Crippen LogP contribution in [0, 0.1) is 17.3 Å². The van der Waals surface area contributed by atoms with Crippen molar-refractivity contribution in [1.82, 2.24) is 10.6 Å². The second-order valence-corrected chi connectivity index (χ2v) is 7.57. The van der Waals surface area contributed by atoms with E-state index in [0.29, 0.717) is 24.0 Å². The summed E-state index contributed by atoms with van der Waals surface area (Å²) in [5.74, 6) is 1.99. The predicted octanol–water partition coefficient (Wildman–Crippen LogP) is 2.77. The summed E-state index contributed by atoms with van der Waals surface area (Å²) in [7, 11) is 0. The lowest BCUT2D eigenvalue weighted by Crippen LogP contribution is -2.68. The van der Waals surface area contributed by atoms with Gasteiger partial charge < -0.3 is 20.5 Å². The largest absolute Gasteiger partial charge is 0.396 e. The highest BCUT2D eigenvalue weighted by molar-refractivity contribution is 14.0. The van der Waals surface area contributed by atoms with Crippen molar-refractivity contribution in [3.8, 4) is 0 Å². The fourth-order valence-electron chi connectivity index (χ4n) is 4.22. The molecule has 4 unspecified atom stereocenters. The number of fused-ring (bicyclic) bond motifs is 1. The second-order valence-electron chi connectivity index (χ2n) is 7.57. The summed E-state index contributed by atoms with van der Waals surface area (Å²) in [5, 5.41) is 16.2. The lowest BCUT2D eigenvalue weighted by atomic mass is 9.57. The van der Waals surface area contributed by atoms with Crippen LogP contribution < -0.4 is 10.6 Å². The van der Waals surface area contributed by atoms with E-state index in [1.54, 1.807) is 0 Å². The quantitative estimate of drug-likeness (QED) is 0.301. The molecule has 1 saturated carbocycles. The summed E-state index contributed by atoms with van der Waals surface area (Å²) in [6, 6.07) is 0.426. The molecule has 1 aliphatic carbocycles. The molecule has 24 heavy (non-hydrogen) atoms. The summed E-state index contributed by atoms with van der Waals surface area (Å²) in [5.41, 5.74) is 0.158. The Labute approximate surface area is 164 Å². The van der Waals surface area contributed by atoms with Gasteiger partial charge in [-0.15, -0.1) is 24.0 Å². The number of halogens is 1. The molecular formula is C18H36IN3O2. The Kier molecular flexibility index (Phi) is 9.30. The van der Waals surface area contributed by atoms with E-state index >= 15 is 0 Å². The zero-order valence-electron chi connectivity index (χ0n) is 15.7. The van der Waals surface area contributed by atoms with Gasteiger partial charge in [-0.1, -0.05) is 27.2 Å². The van der Waals surface area contributed by atoms with E-state index in [1.165, 1.54) is 0 Å². The van der Waals surface area contributed by atoms with Gasteiger partial charge in [0.1, 0.15) is 0 Å². The van der Waals surface area contributed by atoms with E-state index in [4.69, 9.17) is 9.73 Å². The zero-order valence-corrected chi connectivity index (χ0v) is 18.0. The maximum absolute atomic E-state index is 9.20. The lowest BCUT2D eigenvalue weighted by molar-refractivity contribution is -0.106. The van der Waals surface area contributed by atoms with Gasteiger partial charge in [0.2, 0.25) is 0 Å². The number of nitrogens with zero attached hydrogens (tertiary/aromatic N) is 1. The first kappa shape index (κ1) is 22.0. The molecule has 2 rings (SSSR count). The second kappa shape index (κ2) is 10.2. The smallest absolute Gasteiger partial charge is 0.191 e. The summed E-state index contributed by atoms with van der Waals surface area (Å²) in [6.45, 7) is 11.6. The third-order valence-corrected chi connectivity index (χ3v) is 5.48. The van der Waals surface area contributed by atoms with Gasteiger partial charge in [0.05, 0.1) is 6.10 Å². The van der Waals surface area contributed by atoms with Gasteiger partial charge in [-0.3, -0.25) is 4.99 Å². The molecule has 0 spiro atoms. The highest BCUT2D eigenvalue weighted by Crippen LogP contribution is 2.52. The van der Waals surface area contributed by atoms with Gasteiger partial charge in [0.25, 0.3) is 0 Å². The lowest BCUT2D eigenvalue weighted by Gasteiger charge is -2.54. The summed E-state index contributed by atoms with van der Waals surface area (Å²) in [6.07, 6.45) is 4.64. The Hall–Kier alpha value is -0.0800.